The topological polar surface area (TPSA) is 74.8 Å². The number of sulfonamides is 1. The molecule has 2 rings (SSSR count). The fraction of sp³-hybridized carbons (Fsp3) is 0.182. The third kappa shape index (κ3) is 3.10. The number of H-pyrrole nitrogens is 1. The van der Waals surface area contributed by atoms with Crippen LogP contribution < -0.4 is 4.72 Å². The molecule has 8 heteroatoms. The maximum atomic E-state index is 12.2. The van der Waals surface area contributed by atoms with Crippen molar-refractivity contribution in [1.29, 1.82) is 0 Å². The lowest BCUT2D eigenvalue weighted by Crippen LogP contribution is -2.14. The summed E-state index contributed by atoms with van der Waals surface area (Å²) in [5.41, 5.74) is 0.789. The molecular formula is C11H11BrClN3O2S. The van der Waals surface area contributed by atoms with E-state index in [1.165, 1.54) is 12.1 Å². The van der Waals surface area contributed by atoms with Crippen LogP contribution >= 0.6 is 27.5 Å². The average Bonchev–Trinajstić information content (AvgIpc) is 2.74. The van der Waals surface area contributed by atoms with Gasteiger partial charge in [0.05, 0.1) is 11.2 Å². The second-order valence-corrected chi connectivity index (χ2v) is 6.78. The first kappa shape index (κ1) is 14.4. The van der Waals surface area contributed by atoms with Gasteiger partial charge in [-0.05, 0) is 24.6 Å². The molecule has 0 aliphatic rings. The molecule has 0 amide bonds. The molecule has 0 unspecified atom stereocenters. The van der Waals surface area contributed by atoms with E-state index in [1.54, 1.807) is 12.3 Å². The maximum absolute atomic E-state index is 12.2. The molecule has 0 atom stereocenters. The molecule has 19 heavy (non-hydrogen) atoms. The number of hydrogen-bond acceptors (Lipinski definition) is 3. The van der Waals surface area contributed by atoms with Crippen molar-refractivity contribution in [1.82, 2.24) is 10.2 Å². The van der Waals surface area contributed by atoms with Crippen LogP contribution in [-0.2, 0) is 16.4 Å². The average molecular weight is 365 g/mol. The van der Waals surface area contributed by atoms with Gasteiger partial charge in [0, 0.05) is 10.0 Å². The van der Waals surface area contributed by atoms with E-state index >= 15 is 0 Å². The number of rotatable bonds is 4. The molecule has 1 heterocycles. The number of aromatic amines is 1. The summed E-state index contributed by atoms with van der Waals surface area (Å²) < 4.78 is 27.6. The number of aromatic nitrogens is 2. The number of aryl methyl sites for hydroxylation is 1. The summed E-state index contributed by atoms with van der Waals surface area (Å²) in [5, 5.41) is 6.59. The van der Waals surface area contributed by atoms with Gasteiger partial charge in [-0.25, -0.2) is 8.42 Å². The molecule has 0 fully saturated rings. The highest BCUT2D eigenvalue weighted by Gasteiger charge is 2.20. The molecule has 0 saturated heterocycles. The molecule has 1 aromatic carbocycles. The normalized spacial score (nSPS) is 11.5. The summed E-state index contributed by atoms with van der Waals surface area (Å²) in [6.45, 7) is 1.91. The van der Waals surface area contributed by atoms with Crippen LogP contribution in [0.1, 0.15) is 12.5 Å². The molecule has 1 aromatic heterocycles. The first-order chi connectivity index (χ1) is 8.94. The van der Waals surface area contributed by atoms with Crippen molar-refractivity contribution in [2.24, 2.45) is 0 Å². The molecular weight excluding hydrogens is 354 g/mol. The van der Waals surface area contributed by atoms with Gasteiger partial charge in [0.1, 0.15) is 10.7 Å². The van der Waals surface area contributed by atoms with Crippen LogP contribution in [0.3, 0.4) is 0 Å². The van der Waals surface area contributed by atoms with Crippen LogP contribution in [0.15, 0.2) is 33.8 Å². The zero-order valence-electron chi connectivity index (χ0n) is 9.94. The lowest BCUT2D eigenvalue weighted by atomic mass is 10.3. The number of halogens is 2. The van der Waals surface area contributed by atoms with Crippen LogP contribution in [0.2, 0.25) is 5.02 Å². The maximum Gasteiger partial charge on any atom is 0.264 e. The van der Waals surface area contributed by atoms with E-state index in [9.17, 15) is 8.42 Å². The zero-order chi connectivity index (χ0) is 14.0. The van der Waals surface area contributed by atoms with E-state index in [0.29, 0.717) is 16.7 Å². The van der Waals surface area contributed by atoms with Gasteiger partial charge in [0.2, 0.25) is 0 Å². The monoisotopic (exact) mass is 363 g/mol. The molecule has 0 radical (unpaired) electrons. The quantitative estimate of drug-likeness (QED) is 0.875. The molecule has 0 saturated carbocycles. The van der Waals surface area contributed by atoms with E-state index in [4.69, 9.17) is 11.6 Å². The molecule has 2 N–H and O–H groups in total. The van der Waals surface area contributed by atoms with Crippen LogP contribution in [-0.4, -0.2) is 18.6 Å². The number of hydrogen-bond donors (Lipinski definition) is 2. The minimum Gasteiger partial charge on any atom is -0.263 e. The Balaban J connectivity index is 2.38. The Kier molecular flexibility index (Phi) is 4.17. The summed E-state index contributed by atoms with van der Waals surface area (Å²) in [7, 11) is -3.74. The van der Waals surface area contributed by atoms with Crippen molar-refractivity contribution in [2.45, 2.75) is 18.2 Å². The van der Waals surface area contributed by atoms with Crippen molar-refractivity contribution >= 4 is 43.4 Å². The third-order valence-electron chi connectivity index (χ3n) is 2.52. The SMILES string of the molecule is CCc1cn[nH]c1NS(=O)(=O)c1ccc(Br)cc1Cl. The number of benzene rings is 1. The first-order valence-corrected chi connectivity index (χ1v) is 8.09. The lowest BCUT2D eigenvalue weighted by Gasteiger charge is -2.09. The van der Waals surface area contributed by atoms with Gasteiger partial charge in [0.25, 0.3) is 10.0 Å². The highest BCUT2D eigenvalue weighted by molar-refractivity contribution is 9.10. The third-order valence-corrected chi connectivity index (χ3v) is 4.84. The summed E-state index contributed by atoms with van der Waals surface area (Å²) >= 11 is 9.18. The van der Waals surface area contributed by atoms with E-state index in [2.05, 4.69) is 30.8 Å². The Bertz CT molecular complexity index is 700. The molecule has 5 nitrogen and oxygen atoms in total. The van der Waals surface area contributed by atoms with E-state index in [-0.39, 0.29) is 9.92 Å². The summed E-state index contributed by atoms with van der Waals surface area (Å²) in [5.74, 6) is 0.362. The van der Waals surface area contributed by atoms with Crippen molar-refractivity contribution in [3.05, 3.63) is 39.5 Å². The van der Waals surface area contributed by atoms with Crippen LogP contribution in [0, 0.1) is 0 Å². The fourth-order valence-electron chi connectivity index (χ4n) is 1.55. The molecule has 0 aliphatic carbocycles. The Labute approximate surface area is 124 Å². The highest BCUT2D eigenvalue weighted by Crippen LogP contribution is 2.27. The second kappa shape index (κ2) is 5.52. The molecule has 0 aliphatic heterocycles. The molecule has 2 aromatic rings. The summed E-state index contributed by atoms with van der Waals surface area (Å²) in [4.78, 5) is 0.0222. The minimum absolute atomic E-state index is 0.0222. The summed E-state index contributed by atoms with van der Waals surface area (Å²) in [6.07, 6.45) is 2.25. The standard InChI is InChI=1S/C11H11BrClN3O2S/c1-2-7-6-14-15-11(7)16-19(17,18)10-4-3-8(12)5-9(10)13/h3-6H,2H2,1H3,(H2,14,15,16). The van der Waals surface area contributed by atoms with Crippen LogP contribution in [0.4, 0.5) is 5.82 Å². The zero-order valence-corrected chi connectivity index (χ0v) is 13.1. The van der Waals surface area contributed by atoms with Crippen molar-refractivity contribution in [3.8, 4) is 0 Å². The molecule has 0 spiro atoms. The first-order valence-electron chi connectivity index (χ1n) is 5.44. The molecule has 102 valence electrons. The number of anilines is 1. The highest BCUT2D eigenvalue weighted by atomic mass is 79.9. The molecule has 0 bridgehead atoms. The summed E-state index contributed by atoms with van der Waals surface area (Å²) in [6, 6.07) is 4.59. The lowest BCUT2D eigenvalue weighted by molar-refractivity contribution is 0.601. The largest absolute Gasteiger partial charge is 0.264 e. The van der Waals surface area contributed by atoms with Gasteiger partial charge in [-0.15, -0.1) is 0 Å². The Morgan fingerprint density at radius 3 is 2.84 bits per heavy atom. The van der Waals surface area contributed by atoms with Crippen molar-refractivity contribution in [3.63, 3.8) is 0 Å². The van der Waals surface area contributed by atoms with Gasteiger partial charge in [-0.3, -0.25) is 9.82 Å². The Morgan fingerprint density at radius 2 is 2.21 bits per heavy atom. The second-order valence-electron chi connectivity index (χ2n) is 3.80. The van der Waals surface area contributed by atoms with Crippen LogP contribution in [0.5, 0.6) is 0 Å². The van der Waals surface area contributed by atoms with E-state index in [1.807, 2.05) is 6.92 Å². The van der Waals surface area contributed by atoms with Gasteiger partial charge < -0.3 is 0 Å². The van der Waals surface area contributed by atoms with Gasteiger partial charge in [-0.2, -0.15) is 5.10 Å². The van der Waals surface area contributed by atoms with E-state index < -0.39 is 10.0 Å². The van der Waals surface area contributed by atoms with E-state index in [0.717, 1.165) is 5.56 Å². The van der Waals surface area contributed by atoms with Gasteiger partial charge >= 0.3 is 0 Å². The van der Waals surface area contributed by atoms with Gasteiger partial charge in [-0.1, -0.05) is 34.5 Å². The Hall–Kier alpha value is -1.05. The fourth-order valence-corrected chi connectivity index (χ4v) is 3.65. The predicted octanol–water partition coefficient (Wildman–Crippen LogP) is 3.19. The number of nitrogens with zero attached hydrogens (tertiary/aromatic N) is 1. The van der Waals surface area contributed by atoms with Crippen LogP contribution in [0.25, 0.3) is 0 Å². The smallest absolute Gasteiger partial charge is 0.263 e. The van der Waals surface area contributed by atoms with Crippen molar-refractivity contribution < 1.29 is 8.42 Å². The Morgan fingerprint density at radius 1 is 1.47 bits per heavy atom. The predicted molar refractivity (Wildman–Crippen MR) is 77.9 cm³/mol. The number of nitrogens with one attached hydrogen (secondary N) is 2. The van der Waals surface area contributed by atoms with Gasteiger partial charge in [0.15, 0.2) is 0 Å². The van der Waals surface area contributed by atoms with Crippen molar-refractivity contribution in [2.75, 3.05) is 4.72 Å². The minimum atomic E-state index is -3.74.